The molecule has 1 amide bonds. The lowest BCUT2D eigenvalue weighted by molar-refractivity contribution is -0.118. The lowest BCUT2D eigenvalue weighted by atomic mass is 10.2. The summed E-state index contributed by atoms with van der Waals surface area (Å²) in [5.74, 6) is -0.372. The van der Waals surface area contributed by atoms with Crippen LogP contribution in [0.5, 0.6) is 5.75 Å². The van der Waals surface area contributed by atoms with E-state index in [4.69, 9.17) is 15.6 Å². The van der Waals surface area contributed by atoms with Crippen LogP contribution in [0.15, 0.2) is 48.7 Å². The van der Waals surface area contributed by atoms with Crippen molar-refractivity contribution in [3.63, 3.8) is 0 Å². The molecule has 4 rings (SSSR count). The molecule has 122 valence electrons. The van der Waals surface area contributed by atoms with E-state index in [0.717, 1.165) is 10.9 Å². The number of nitrogens with one attached hydrogen (secondary N) is 2. The Labute approximate surface area is 137 Å². The van der Waals surface area contributed by atoms with E-state index in [1.807, 2.05) is 6.07 Å². The van der Waals surface area contributed by atoms with Gasteiger partial charge in [-0.2, -0.15) is 0 Å². The van der Waals surface area contributed by atoms with Gasteiger partial charge in [-0.3, -0.25) is 4.79 Å². The number of carbonyl (C=O) groups is 2. The van der Waals surface area contributed by atoms with Crippen molar-refractivity contribution in [1.82, 2.24) is 4.98 Å². The highest BCUT2D eigenvalue weighted by atomic mass is 16.5. The van der Waals surface area contributed by atoms with Gasteiger partial charge in [-0.05, 0) is 41.8 Å². The minimum Gasteiger partial charge on any atom is -0.482 e. The van der Waals surface area contributed by atoms with Crippen molar-refractivity contribution >= 4 is 34.2 Å². The maximum Gasteiger partial charge on any atom is 0.335 e. The van der Waals surface area contributed by atoms with E-state index >= 15 is 0 Å². The number of H-pyrrole nitrogens is 1. The van der Waals surface area contributed by atoms with E-state index < -0.39 is 5.97 Å². The second-order valence-corrected chi connectivity index (χ2v) is 5.18. The molecule has 3 aromatic rings. The largest absolute Gasteiger partial charge is 0.482 e. The number of amides is 1. The van der Waals surface area contributed by atoms with Crippen LogP contribution in [-0.4, -0.2) is 28.6 Å². The molecule has 0 atom stereocenters. The molecule has 7 heteroatoms. The number of benzene rings is 2. The number of carboxylic acids is 1. The number of nitrogens with two attached hydrogens (primary N) is 1. The lowest BCUT2D eigenvalue weighted by Crippen LogP contribution is -2.25. The van der Waals surface area contributed by atoms with E-state index in [-0.39, 0.29) is 12.5 Å². The standard InChI is InChI=1S/C9H7NO2.C8H8N2O2/c11-9(12)7-2-1-6-3-4-10-8(6)5-7;9-5-1-2-7-6(3-5)10-8(11)4-12-7/h1-5,10H,(H,11,12);1-3H,4,9H2,(H,10,11). The summed E-state index contributed by atoms with van der Waals surface area (Å²) in [5.41, 5.74) is 7.94. The van der Waals surface area contributed by atoms with Crippen molar-refractivity contribution in [2.24, 2.45) is 0 Å². The molecule has 0 radical (unpaired) electrons. The molecule has 24 heavy (non-hydrogen) atoms. The first kappa shape index (κ1) is 15.4. The van der Waals surface area contributed by atoms with Crippen molar-refractivity contribution in [3.05, 3.63) is 54.2 Å². The van der Waals surface area contributed by atoms with Gasteiger partial charge < -0.3 is 25.9 Å². The van der Waals surface area contributed by atoms with Crippen LogP contribution < -0.4 is 15.8 Å². The summed E-state index contributed by atoms with van der Waals surface area (Å²) in [5, 5.41) is 12.4. The van der Waals surface area contributed by atoms with Crippen molar-refractivity contribution in [2.45, 2.75) is 0 Å². The topological polar surface area (TPSA) is 117 Å². The molecule has 0 aliphatic carbocycles. The van der Waals surface area contributed by atoms with Crippen LogP contribution in [0.2, 0.25) is 0 Å². The molecule has 5 N–H and O–H groups in total. The second kappa shape index (κ2) is 6.33. The van der Waals surface area contributed by atoms with Crippen LogP contribution in [-0.2, 0) is 4.79 Å². The van der Waals surface area contributed by atoms with Gasteiger partial charge in [0.05, 0.1) is 11.3 Å². The van der Waals surface area contributed by atoms with E-state index in [1.54, 1.807) is 42.6 Å². The summed E-state index contributed by atoms with van der Waals surface area (Å²) < 4.78 is 5.12. The minimum absolute atomic E-state index is 0.0803. The third-order valence-corrected chi connectivity index (χ3v) is 3.44. The number of hydrogen-bond donors (Lipinski definition) is 4. The monoisotopic (exact) mass is 325 g/mol. The number of carbonyl (C=O) groups excluding carboxylic acids is 1. The highest BCUT2D eigenvalue weighted by molar-refractivity contribution is 5.96. The predicted octanol–water partition coefficient (Wildman–Crippen LogP) is 2.47. The Hall–Kier alpha value is -3.48. The fourth-order valence-electron chi connectivity index (χ4n) is 2.28. The van der Waals surface area contributed by atoms with Crippen LogP contribution >= 0.6 is 0 Å². The molecule has 0 bridgehead atoms. The zero-order valence-electron chi connectivity index (χ0n) is 12.6. The quantitative estimate of drug-likeness (QED) is 0.513. The molecule has 1 aliphatic rings. The number of aromatic nitrogens is 1. The number of carboxylic acid groups (broad SMARTS) is 1. The number of hydrogen-bond acceptors (Lipinski definition) is 4. The number of rotatable bonds is 1. The molecule has 0 saturated heterocycles. The zero-order valence-corrected chi connectivity index (χ0v) is 12.6. The molecular weight excluding hydrogens is 310 g/mol. The molecule has 7 nitrogen and oxygen atoms in total. The first-order valence-corrected chi connectivity index (χ1v) is 7.15. The fourth-order valence-corrected chi connectivity index (χ4v) is 2.28. The van der Waals surface area contributed by atoms with Crippen molar-refractivity contribution in [2.75, 3.05) is 17.7 Å². The van der Waals surface area contributed by atoms with Gasteiger partial charge in [0, 0.05) is 17.4 Å². The third-order valence-electron chi connectivity index (χ3n) is 3.44. The van der Waals surface area contributed by atoms with Gasteiger partial charge in [-0.15, -0.1) is 0 Å². The molecule has 2 heterocycles. The first-order chi connectivity index (χ1) is 11.5. The van der Waals surface area contributed by atoms with Crippen molar-refractivity contribution < 1.29 is 19.4 Å². The van der Waals surface area contributed by atoms with Gasteiger partial charge in [0.1, 0.15) is 5.75 Å². The van der Waals surface area contributed by atoms with Gasteiger partial charge in [0.2, 0.25) is 0 Å². The van der Waals surface area contributed by atoms with Crippen LogP contribution in [0, 0.1) is 0 Å². The van der Waals surface area contributed by atoms with Gasteiger partial charge in [-0.25, -0.2) is 4.79 Å². The molecule has 0 saturated carbocycles. The van der Waals surface area contributed by atoms with E-state index in [0.29, 0.717) is 22.7 Å². The summed E-state index contributed by atoms with van der Waals surface area (Å²) in [6.07, 6.45) is 1.79. The van der Waals surface area contributed by atoms with Crippen molar-refractivity contribution in [1.29, 1.82) is 0 Å². The molecule has 0 spiro atoms. The lowest BCUT2D eigenvalue weighted by Gasteiger charge is -2.17. The summed E-state index contributed by atoms with van der Waals surface area (Å²) in [7, 11) is 0. The highest BCUT2D eigenvalue weighted by Crippen LogP contribution is 2.28. The number of nitrogen functional groups attached to an aromatic ring is 1. The molecule has 2 aromatic carbocycles. The Bertz CT molecular complexity index is 917. The molecular formula is C17H15N3O4. The molecule has 0 fully saturated rings. The molecule has 1 aliphatic heterocycles. The Morgan fingerprint density at radius 1 is 1.17 bits per heavy atom. The SMILES string of the molecule is Nc1ccc2c(c1)NC(=O)CO2.O=C(O)c1ccc2cc[nH]c2c1. The van der Waals surface area contributed by atoms with Gasteiger partial charge in [0.25, 0.3) is 5.91 Å². The van der Waals surface area contributed by atoms with Crippen molar-refractivity contribution in [3.8, 4) is 5.75 Å². The van der Waals surface area contributed by atoms with E-state index in [9.17, 15) is 9.59 Å². The number of aromatic carboxylic acids is 1. The van der Waals surface area contributed by atoms with Crippen LogP contribution in [0.1, 0.15) is 10.4 Å². The summed E-state index contributed by atoms with van der Waals surface area (Å²) in [4.78, 5) is 24.4. The predicted molar refractivity (Wildman–Crippen MR) is 90.2 cm³/mol. The summed E-state index contributed by atoms with van der Waals surface area (Å²) >= 11 is 0. The first-order valence-electron chi connectivity index (χ1n) is 7.15. The number of anilines is 2. The van der Waals surface area contributed by atoms with Crippen LogP contribution in [0.25, 0.3) is 10.9 Å². The number of ether oxygens (including phenoxy) is 1. The van der Waals surface area contributed by atoms with Crippen LogP contribution in [0.3, 0.4) is 0 Å². The molecule has 0 unspecified atom stereocenters. The van der Waals surface area contributed by atoms with E-state index in [1.165, 1.54) is 0 Å². The maximum atomic E-state index is 10.9. The Morgan fingerprint density at radius 2 is 2.00 bits per heavy atom. The Morgan fingerprint density at radius 3 is 2.79 bits per heavy atom. The number of aromatic amines is 1. The van der Waals surface area contributed by atoms with Gasteiger partial charge >= 0.3 is 5.97 Å². The van der Waals surface area contributed by atoms with Gasteiger partial charge in [0.15, 0.2) is 6.61 Å². The summed E-state index contributed by atoms with van der Waals surface area (Å²) in [6, 6.07) is 12.1. The smallest absolute Gasteiger partial charge is 0.335 e. The minimum atomic E-state index is -0.897. The summed E-state index contributed by atoms with van der Waals surface area (Å²) in [6.45, 7) is 0.0803. The maximum absolute atomic E-state index is 10.9. The second-order valence-electron chi connectivity index (χ2n) is 5.18. The van der Waals surface area contributed by atoms with E-state index in [2.05, 4.69) is 10.3 Å². The average molecular weight is 325 g/mol. The molecule has 1 aromatic heterocycles. The number of fused-ring (bicyclic) bond motifs is 2. The average Bonchev–Trinajstić information content (AvgIpc) is 3.02. The third kappa shape index (κ3) is 3.30. The van der Waals surface area contributed by atoms with Gasteiger partial charge in [-0.1, -0.05) is 6.07 Å². The Balaban J connectivity index is 0.000000141. The fraction of sp³-hybridized carbons (Fsp3) is 0.0588. The Kier molecular flexibility index (Phi) is 4.07. The zero-order chi connectivity index (χ0) is 17.1. The highest BCUT2D eigenvalue weighted by Gasteiger charge is 2.14. The normalized spacial score (nSPS) is 12.4. The van der Waals surface area contributed by atoms with Crippen LogP contribution in [0.4, 0.5) is 11.4 Å².